The smallest absolute Gasteiger partial charge is 0.289 e. The summed E-state index contributed by atoms with van der Waals surface area (Å²) >= 11 is 0. The quantitative estimate of drug-likeness (QED) is 0.491. The highest BCUT2D eigenvalue weighted by Gasteiger charge is 2.37. The van der Waals surface area contributed by atoms with Gasteiger partial charge in [0.25, 0.3) is 5.69 Å². The van der Waals surface area contributed by atoms with Gasteiger partial charge in [-0.3, -0.25) is 19.7 Å². The predicted octanol–water partition coefficient (Wildman–Crippen LogP) is 1.32. The molecule has 1 aromatic rings. The van der Waals surface area contributed by atoms with E-state index in [0.29, 0.717) is 19.5 Å². The van der Waals surface area contributed by atoms with Crippen LogP contribution in [0.2, 0.25) is 0 Å². The van der Waals surface area contributed by atoms with Crippen LogP contribution in [0.25, 0.3) is 0 Å². The normalized spacial score (nSPS) is 20.7. The van der Waals surface area contributed by atoms with Gasteiger partial charge < -0.3 is 9.80 Å². The molecule has 0 aliphatic carbocycles. The van der Waals surface area contributed by atoms with E-state index in [4.69, 9.17) is 0 Å². The van der Waals surface area contributed by atoms with Crippen molar-refractivity contribution in [3.05, 3.63) is 34.4 Å². The number of sulfonamides is 1. The van der Waals surface area contributed by atoms with Gasteiger partial charge in [-0.1, -0.05) is 26.0 Å². The molecule has 2 heterocycles. The second-order valence-corrected chi connectivity index (χ2v) is 10.1. The van der Waals surface area contributed by atoms with Crippen LogP contribution in [0.4, 0.5) is 5.69 Å². The third-order valence-electron chi connectivity index (χ3n) is 5.81. The van der Waals surface area contributed by atoms with Crippen LogP contribution in [0.15, 0.2) is 29.2 Å². The van der Waals surface area contributed by atoms with Crippen molar-refractivity contribution in [1.29, 1.82) is 0 Å². The summed E-state index contributed by atoms with van der Waals surface area (Å²) in [4.78, 5) is 38.8. The van der Waals surface area contributed by atoms with E-state index in [9.17, 15) is 28.1 Å². The summed E-state index contributed by atoms with van der Waals surface area (Å²) in [7, 11) is -4.04. The molecule has 0 saturated carbocycles. The number of carbonyl (C=O) groups excluding carboxylic acids is 2. The first-order valence-corrected chi connectivity index (χ1v) is 11.9. The molecule has 11 heteroatoms. The predicted molar refractivity (Wildman–Crippen MR) is 113 cm³/mol. The zero-order valence-corrected chi connectivity index (χ0v) is 18.6. The molecule has 2 aliphatic heterocycles. The first kappa shape index (κ1) is 23.1. The van der Waals surface area contributed by atoms with E-state index in [0.717, 1.165) is 6.42 Å². The number of nitro benzene ring substituents is 1. The van der Waals surface area contributed by atoms with E-state index in [1.54, 1.807) is 9.80 Å². The first-order chi connectivity index (χ1) is 14.6. The summed E-state index contributed by atoms with van der Waals surface area (Å²) in [5, 5.41) is 11.2. The number of nitrogens with zero attached hydrogens (tertiary/aromatic N) is 4. The molecule has 0 radical (unpaired) electrons. The number of hydrogen-bond acceptors (Lipinski definition) is 6. The summed E-state index contributed by atoms with van der Waals surface area (Å²) in [6.45, 7) is 5.30. The third kappa shape index (κ3) is 4.87. The van der Waals surface area contributed by atoms with Crippen LogP contribution in [0.1, 0.15) is 26.7 Å². The Morgan fingerprint density at radius 3 is 2.32 bits per heavy atom. The fourth-order valence-electron chi connectivity index (χ4n) is 4.12. The van der Waals surface area contributed by atoms with Crippen molar-refractivity contribution in [2.75, 3.05) is 39.3 Å². The van der Waals surface area contributed by atoms with Crippen LogP contribution in [-0.4, -0.2) is 78.5 Å². The van der Waals surface area contributed by atoms with Crippen LogP contribution >= 0.6 is 0 Å². The lowest BCUT2D eigenvalue weighted by molar-refractivity contribution is -0.387. The Bertz CT molecular complexity index is 956. The number of likely N-dealkylation sites (tertiary alicyclic amines) is 1. The van der Waals surface area contributed by atoms with Crippen LogP contribution in [-0.2, 0) is 19.6 Å². The Hall–Kier alpha value is -2.53. The minimum Gasteiger partial charge on any atom is -0.342 e. The third-order valence-corrected chi connectivity index (χ3v) is 7.75. The molecule has 1 atom stereocenters. The molecule has 3 rings (SSSR count). The average Bonchev–Trinajstić information content (AvgIpc) is 2.78. The molecule has 10 nitrogen and oxygen atoms in total. The van der Waals surface area contributed by atoms with E-state index < -0.39 is 20.6 Å². The number of nitro groups is 1. The molecule has 1 aromatic carbocycles. The fourth-order valence-corrected chi connectivity index (χ4v) is 5.70. The van der Waals surface area contributed by atoms with Crippen molar-refractivity contribution >= 4 is 27.5 Å². The Morgan fingerprint density at radius 1 is 1.06 bits per heavy atom. The summed E-state index contributed by atoms with van der Waals surface area (Å²) in [5.74, 6) is -0.429. The second-order valence-electron chi connectivity index (χ2n) is 8.23. The van der Waals surface area contributed by atoms with Gasteiger partial charge in [0.15, 0.2) is 4.90 Å². The number of para-hydroxylation sites is 1. The molecule has 31 heavy (non-hydrogen) atoms. The molecule has 0 spiro atoms. The molecule has 1 unspecified atom stereocenters. The largest absolute Gasteiger partial charge is 0.342 e. The summed E-state index contributed by atoms with van der Waals surface area (Å²) < 4.78 is 27.1. The number of piperidine rings is 1. The van der Waals surface area contributed by atoms with Gasteiger partial charge in [-0.2, -0.15) is 4.31 Å². The molecule has 2 aliphatic rings. The minimum absolute atomic E-state index is 0.0397. The van der Waals surface area contributed by atoms with Crippen molar-refractivity contribution in [2.45, 2.75) is 31.6 Å². The molecule has 170 valence electrons. The first-order valence-electron chi connectivity index (χ1n) is 10.4. The van der Waals surface area contributed by atoms with Gasteiger partial charge in [0.2, 0.25) is 21.8 Å². The van der Waals surface area contributed by atoms with Crippen molar-refractivity contribution in [3.63, 3.8) is 0 Å². The lowest BCUT2D eigenvalue weighted by atomic mass is 9.95. The average molecular weight is 453 g/mol. The number of carbonyl (C=O) groups is 2. The van der Waals surface area contributed by atoms with Crippen LogP contribution in [0, 0.1) is 22.0 Å². The standard InChI is InChI=1S/C20H28N4O6S/c1-15(2)19(25)22-9-5-6-16(14-22)20(26)21-10-12-23(13-11-21)31(29,30)18-8-4-3-7-17(18)24(27)28/h3-4,7-8,15-16H,5-6,9-14H2,1-2H3. The van der Waals surface area contributed by atoms with E-state index >= 15 is 0 Å². The Kier molecular flexibility index (Phi) is 6.95. The molecule has 0 aromatic heterocycles. The topological polar surface area (TPSA) is 121 Å². The lowest BCUT2D eigenvalue weighted by Gasteiger charge is -2.38. The summed E-state index contributed by atoms with van der Waals surface area (Å²) in [6, 6.07) is 5.27. The molecule has 0 bridgehead atoms. The van der Waals surface area contributed by atoms with Crippen molar-refractivity contribution < 1.29 is 22.9 Å². The number of hydrogen-bond donors (Lipinski definition) is 0. The van der Waals surface area contributed by atoms with Gasteiger partial charge in [0.05, 0.1) is 10.8 Å². The number of amides is 2. The minimum atomic E-state index is -4.04. The zero-order chi connectivity index (χ0) is 22.8. The van der Waals surface area contributed by atoms with Crippen LogP contribution < -0.4 is 0 Å². The van der Waals surface area contributed by atoms with Gasteiger partial charge in [0.1, 0.15) is 0 Å². The molecule has 2 amide bonds. The highest BCUT2D eigenvalue weighted by atomic mass is 32.2. The number of piperazine rings is 1. The Labute approximate surface area is 182 Å². The molecular weight excluding hydrogens is 424 g/mol. The monoisotopic (exact) mass is 452 g/mol. The van der Waals surface area contributed by atoms with Gasteiger partial charge in [0, 0.05) is 51.3 Å². The molecule has 2 saturated heterocycles. The van der Waals surface area contributed by atoms with Crippen LogP contribution in [0.5, 0.6) is 0 Å². The maximum Gasteiger partial charge on any atom is 0.289 e. The lowest BCUT2D eigenvalue weighted by Crippen LogP contribution is -2.54. The Balaban J connectivity index is 1.65. The van der Waals surface area contributed by atoms with Crippen molar-refractivity contribution in [1.82, 2.24) is 14.1 Å². The van der Waals surface area contributed by atoms with Gasteiger partial charge in [-0.05, 0) is 18.9 Å². The van der Waals surface area contributed by atoms with Gasteiger partial charge in [-0.25, -0.2) is 8.42 Å². The summed E-state index contributed by atoms with van der Waals surface area (Å²) in [5.41, 5.74) is -0.460. The van der Waals surface area contributed by atoms with E-state index in [1.807, 2.05) is 13.8 Å². The SMILES string of the molecule is CC(C)C(=O)N1CCCC(C(=O)N2CCN(S(=O)(=O)c3ccccc3[N+](=O)[O-])CC2)C1. The van der Waals surface area contributed by atoms with Gasteiger partial charge >= 0.3 is 0 Å². The number of benzene rings is 1. The number of rotatable bonds is 5. The van der Waals surface area contributed by atoms with Crippen molar-refractivity contribution in [2.24, 2.45) is 11.8 Å². The highest BCUT2D eigenvalue weighted by molar-refractivity contribution is 7.89. The second kappa shape index (κ2) is 9.31. The zero-order valence-electron chi connectivity index (χ0n) is 17.8. The highest BCUT2D eigenvalue weighted by Crippen LogP contribution is 2.27. The molecule has 2 fully saturated rings. The van der Waals surface area contributed by atoms with E-state index in [-0.39, 0.29) is 54.7 Å². The van der Waals surface area contributed by atoms with Gasteiger partial charge in [-0.15, -0.1) is 0 Å². The molecule has 0 N–H and O–H groups in total. The Morgan fingerprint density at radius 2 is 1.71 bits per heavy atom. The maximum atomic E-state index is 13.0. The maximum absolute atomic E-state index is 13.0. The fraction of sp³-hybridized carbons (Fsp3) is 0.600. The summed E-state index contributed by atoms with van der Waals surface area (Å²) in [6.07, 6.45) is 1.47. The van der Waals surface area contributed by atoms with E-state index in [1.165, 1.54) is 28.6 Å². The molecular formula is C20H28N4O6S. The van der Waals surface area contributed by atoms with Crippen molar-refractivity contribution in [3.8, 4) is 0 Å². The van der Waals surface area contributed by atoms with E-state index in [2.05, 4.69) is 0 Å². The van der Waals surface area contributed by atoms with Crippen LogP contribution in [0.3, 0.4) is 0 Å².